The predicted octanol–water partition coefficient (Wildman–Crippen LogP) is 2.81. The van der Waals surface area contributed by atoms with Crippen molar-refractivity contribution in [3.05, 3.63) is 24.3 Å². The Balaban J connectivity index is 1.71. The highest BCUT2D eigenvalue weighted by molar-refractivity contribution is 8.02. The van der Waals surface area contributed by atoms with Gasteiger partial charge in [0.05, 0.1) is 27.0 Å². The Hall–Kier alpha value is -1.12. The molecule has 24 heavy (non-hydrogen) atoms. The number of fused-ring (bicyclic) bond motifs is 1. The van der Waals surface area contributed by atoms with Gasteiger partial charge in [0.2, 0.25) is 5.91 Å². The van der Waals surface area contributed by atoms with Crippen LogP contribution in [0.4, 0.5) is 0 Å². The number of thiazole rings is 1. The van der Waals surface area contributed by atoms with E-state index in [1.54, 1.807) is 16.2 Å². The molecule has 1 saturated heterocycles. The Morgan fingerprint density at radius 2 is 2.21 bits per heavy atom. The fraction of sp³-hybridized carbons (Fsp3) is 0.500. The smallest absolute Gasteiger partial charge is 0.236 e. The Labute approximate surface area is 150 Å². The van der Waals surface area contributed by atoms with Gasteiger partial charge in [-0.1, -0.05) is 23.9 Å². The molecule has 2 heterocycles. The fourth-order valence-electron chi connectivity index (χ4n) is 2.95. The van der Waals surface area contributed by atoms with Crippen LogP contribution in [-0.2, 0) is 14.6 Å². The molecule has 5 nitrogen and oxygen atoms in total. The molecule has 2 aromatic rings. The molecule has 2 atom stereocenters. The first-order valence-corrected chi connectivity index (χ1v) is 11.4. The van der Waals surface area contributed by atoms with E-state index in [0.717, 1.165) is 14.6 Å². The number of nitrogens with zero attached hydrogens (tertiary/aromatic N) is 2. The van der Waals surface area contributed by atoms with Gasteiger partial charge >= 0.3 is 0 Å². The average Bonchev–Trinajstić information content (AvgIpc) is 3.10. The van der Waals surface area contributed by atoms with Crippen molar-refractivity contribution in [2.24, 2.45) is 0 Å². The number of amides is 1. The average molecular weight is 385 g/mol. The third-order valence-electron chi connectivity index (χ3n) is 4.17. The lowest BCUT2D eigenvalue weighted by molar-refractivity contribution is -0.131. The van der Waals surface area contributed by atoms with Gasteiger partial charge in [0.25, 0.3) is 0 Å². The van der Waals surface area contributed by atoms with E-state index in [9.17, 15) is 13.2 Å². The molecule has 8 heteroatoms. The number of rotatable bonds is 5. The maximum atomic E-state index is 12.8. The molecule has 1 aliphatic rings. The Morgan fingerprint density at radius 1 is 1.46 bits per heavy atom. The van der Waals surface area contributed by atoms with Gasteiger partial charge in [-0.15, -0.1) is 11.3 Å². The number of carbonyl (C=O) groups is 1. The summed E-state index contributed by atoms with van der Waals surface area (Å²) in [5.41, 5.74) is 0.943. The summed E-state index contributed by atoms with van der Waals surface area (Å²) < 4.78 is 25.4. The van der Waals surface area contributed by atoms with E-state index in [4.69, 9.17) is 0 Å². The van der Waals surface area contributed by atoms with Gasteiger partial charge in [-0.3, -0.25) is 4.79 Å². The molecule has 1 aromatic heterocycles. The maximum absolute atomic E-state index is 12.8. The molecule has 0 aliphatic carbocycles. The molecule has 3 rings (SSSR count). The molecule has 1 aromatic carbocycles. The molecule has 0 spiro atoms. The quantitative estimate of drug-likeness (QED) is 0.742. The number of hydrogen-bond donors (Lipinski definition) is 0. The number of aromatic nitrogens is 1. The summed E-state index contributed by atoms with van der Waals surface area (Å²) in [4.78, 5) is 19.1. The Bertz CT molecular complexity index is 814. The van der Waals surface area contributed by atoms with Crippen molar-refractivity contribution in [1.29, 1.82) is 0 Å². The van der Waals surface area contributed by atoms with Gasteiger partial charge in [0.15, 0.2) is 14.2 Å². The number of sulfone groups is 1. The lowest BCUT2D eigenvalue weighted by Gasteiger charge is -2.29. The standard InChI is InChI=1S/C16H20N2O3S3/c1-3-18(12-8-9-24(20,21)10-12)15(19)11(2)22-16-17-13-6-4-5-7-14(13)23-16/h4-7,11-12H,3,8-10H2,1-2H3/t11-,12+/m0/s1. The third kappa shape index (κ3) is 3.75. The summed E-state index contributed by atoms with van der Waals surface area (Å²) in [5.74, 6) is 0.259. The summed E-state index contributed by atoms with van der Waals surface area (Å²) in [6.07, 6.45) is 0.542. The number of benzene rings is 1. The molecular formula is C16H20N2O3S3. The zero-order valence-corrected chi connectivity index (χ0v) is 16.1. The van der Waals surface area contributed by atoms with Gasteiger partial charge in [0.1, 0.15) is 0 Å². The van der Waals surface area contributed by atoms with Crippen LogP contribution in [0.2, 0.25) is 0 Å². The van der Waals surface area contributed by atoms with Gasteiger partial charge in [-0.05, 0) is 32.4 Å². The molecule has 0 N–H and O–H groups in total. The fourth-order valence-corrected chi connectivity index (χ4v) is 6.96. The minimum absolute atomic E-state index is 0.0103. The van der Waals surface area contributed by atoms with Gasteiger partial charge in [0, 0.05) is 12.6 Å². The second-order valence-corrected chi connectivity index (χ2v) is 10.7. The van der Waals surface area contributed by atoms with Gasteiger partial charge in [-0.25, -0.2) is 13.4 Å². The second-order valence-electron chi connectivity index (χ2n) is 5.89. The second kappa shape index (κ2) is 7.01. The highest BCUT2D eigenvalue weighted by Gasteiger charge is 2.35. The zero-order chi connectivity index (χ0) is 17.3. The van der Waals surface area contributed by atoms with E-state index in [1.165, 1.54) is 11.8 Å². The first-order chi connectivity index (χ1) is 11.4. The van der Waals surface area contributed by atoms with E-state index < -0.39 is 9.84 Å². The van der Waals surface area contributed by atoms with Crippen LogP contribution in [-0.4, -0.2) is 53.6 Å². The summed E-state index contributed by atoms with van der Waals surface area (Å²) in [6.45, 7) is 4.30. The normalized spacial score (nSPS) is 21.0. The van der Waals surface area contributed by atoms with Crippen LogP contribution in [0.3, 0.4) is 0 Å². The lowest BCUT2D eigenvalue weighted by atomic mass is 10.2. The van der Waals surface area contributed by atoms with Crippen LogP contribution in [0.15, 0.2) is 28.6 Å². The Morgan fingerprint density at radius 3 is 2.83 bits per heavy atom. The molecule has 0 radical (unpaired) electrons. The summed E-state index contributed by atoms with van der Waals surface area (Å²) in [7, 11) is -3.00. The van der Waals surface area contributed by atoms with Crippen molar-refractivity contribution < 1.29 is 13.2 Å². The molecule has 0 saturated carbocycles. The lowest BCUT2D eigenvalue weighted by Crippen LogP contribution is -2.44. The molecule has 1 aliphatic heterocycles. The first kappa shape index (κ1) is 17.7. The van der Waals surface area contributed by atoms with Crippen LogP contribution in [0.1, 0.15) is 20.3 Å². The van der Waals surface area contributed by atoms with E-state index in [0.29, 0.717) is 13.0 Å². The molecule has 1 fully saturated rings. The van der Waals surface area contributed by atoms with Crippen LogP contribution >= 0.6 is 23.1 Å². The molecule has 130 valence electrons. The van der Waals surface area contributed by atoms with Gasteiger partial charge < -0.3 is 4.90 Å². The van der Waals surface area contributed by atoms with E-state index in [1.807, 2.05) is 38.1 Å². The third-order valence-corrected chi connectivity index (χ3v) is 8.14. The van der Waals surface area contributed by atoms with Crippen molar-refractivity contribution in [1.82, 2.24) is 9.88 Å². The molecular weight excluding hydrogens is 364 g/mol. The number of para-hydroxylation sites is 1. The van der Waals surface area contributed by atoms with Gasteiger partial charge in [-0.2, -0.15) is 0 Å². The van der Waals surface area contributed by atoms with Crippen molar-refractivity contribution in [2.75, 3.05) is 18.1 Å². The predicted molar refractivity (Wildman–Crippen MR) is 99.4 cm³/mol. The van der Waals surface area contributed by atoms with Crippen LogP contribution < -0.4 is 0 Å². The molecule has 0 unspecified atom stereocenters. The first-order valence-electron chi connectivity index (χ1n) is 7.93. The monoisotopic (exact) mass is 384 g/mol. The van der Waals surface area contributed by atoms with E-state index in [2.05, 4.69) is 4.98 Å². The van der Waals surface area contributed by atoms with Crippen LogP contribution in [0, 0.1) is 0 Å². The number of thioether (sulfide) groups is 1. The highest BCUT2D eigenvalue weighted by Crippen LogP contribution is 2.33. The van der Waals surface area contributed by atoms with Crippen molar-refractivity contribution >= 4 is 49.1 Å². The zero-order valence-electron chi connectivity index (χ0n) is 13.6. The van der Waals surface area contributed by atoms with Crippen molar-refractivity contribution in [2.45, 2.75) is 35.9 Å². The maximum Gasteiger partial charge on any atom is 0.236 e. The summed E-state index contributed by atoms with van der Waals surface area (Å²) in [5, 5.41) is -0.284. The number of hydrogen-bond acceptors (Lipinski definition) is 6. The Kier molecular flexibility index (Phi) is 5.17. The molecule has 0 bridgehead atoms. The highest BCUT2D eigenvalue weighted by atomic mass is 32.2. The van der Waals surface area contributed by atoms with Crippen molar-refractivity contribution in [3.63, 3.8) is 0 Å². The number of carbonyl (C=O) groups excluding carboxylic acids is 1. The SMILES string of the molecule is CCN(C(=O)[C@H](C)Sc1nc2ccccc2s1)[C@@H]1CCS(=O)(=O)C1. The van der Waals surface area contributed by atoms with Crippen molar-refractivity contribution in [3.8, 4) is 0 Å². The minimum atomic E-state index is -3.00. The minimum Gasteiger partial charge on any atom is -0.338 e. The largest absolute Gasteiger partial charge is 0.338 e. The topological polar surface area (TPSA) is 67.3 Å². The summed E-state index contributed by atoms with van der Waals surface area (Å²) >= 11 is 3.03. The van der Waals surface area contributed by atoms with Crippen LogP contribution in [0.5, 0.6) is 0 Å². The van der Waals surface area contributed by atoms with E-state index in [-0.39, 0.29) is 28.7 Å². The van der Waals surface area contributed by atoms with Crippen LogP contribution in [0.25, 0.3) is 10.2 Å². The van der Waals surface area contributed by atoms with E-state index >= 15 is 0 Å². The molecule has 1 amide bonds. The summed E-state index contributed by atoms with van der Waals surface area (Å²) in [6, 6.07) is 7.72.